The summed E-state index contributed by atoms with van der Waals surface area (Å²) in [5, 5.41) is 0.748. The van der Waals surface area contributed by atoms with Crippen LogP contribution in [-0.4, -0.2) is 21.3 Å². The first-order valence-electron chi connectivity index (χ1n) is 9.22. The minimum atomic E-state index is -0.406. The molecule has 1 aromatic heterocycles. The SMILES string of the molecule is O=C(CSc1nc2ccccc2n1Cc1ccccc1)OCc1ccccc1F. The minimum absolute atomic E-state index is 0.0769. The fourth-order valence-electron chi connectivity index (χ4n) is 3.02. The minimum Gasteiger partial charge on any atom is -0.460 e. The summed E-state index contributed by atoms with van der Waals surface area (Å²) in [7, 11) is 0. The van der Waals surface area contributed by atoms with Gasteiger partial charge in [0.05, 0.1) is 23.3 Å². The Bertz CT molecular complexity index is 1130. The van der Waals surface area contributed by atoms with Crippen LogP contribution in [0.15, 0.2) is 84.0 Å². The number of thioether (sulfide) groups is 1. The lowest BCUT2D eigenvalue weighted by Gasteiger charge is -2.09. The monoisotopic (exact) mass is 406 g/mol. The molecule has 146 valence electrons. The Labute approximate surface area is 172 Å². The smallest absolute Gasteiger partial charge is 0.316 e. The van der Waals surface area contributed by atoms with Gasteiger partial charge in [-0.05, 0) is 23.8 Å². The van der Waals surface area contributed by atoms with Gasteiger partial charge in [0.1, 0.15) is 12.4 Å². The number of hydrogen-bond acceptors (Lipinski definition) is 4. The molecule has 29 heavy (non-hydrogen) atoms. The topological polar surface area (TPSA) is 44.1 Å². The lowest BCUT2D eigenvalue weighted by Crippen LogP contribution is -2.09. The Hall–Kier alpha value is -3.12. The largest absolute Gasteiger partial charge is 0.460 e. The number of rotatable bonds is 7. The maximum absolute atomic E-state index is 13.7. The van der Waals surface area contributed by atoms with E-state index in [1.54, 1.807) is 18.2 Å². The van der Waals surface area contributed by atoms with Crippen LogP contribution in [0.3, 0.4) is 0 Å². The fourth-order valence-corrected chi connectivity index (χ4v) is 3.83. The number of esters is 1. The molecule has 0 spiro atoms. The van der Waals surface area contributed by atoms with Gasteiger partial charge < -0.3 is 9.30 Å². The highest BCUT2D eigenvalue weighted by Gasteiger charge is 2.14. The number of halogens is 1. The van der Waals surface area contributed by atoms with E-state index >= 15 is 0 Å². The van der Waals surface area contributed by atoms with Crippen molar-refractivity contribution >= 4 is 28.8 Å². The van der Waals surface area contributed by atoms with E-state index in [4.69, 9.17) is 4.74 Å². The van der Waals surface area contributed by atoms with Gasteiger partial charge in [-0.25, -0.2) is 9.37 Å². The average molecular weight is 406 g/mol. The number of nitrogens with zero attached hydrogens (tertiary/aromatic N) is 2. The summed E-state index contributed by atoms with van der Waals surface area (Å²) in [6.07, 6.45) is 0. The number of para-hydroxylation sites is 2. The molecule has 0 amide bonds. The molecule has 0 N–H and O–H groups in total. The first kappa shape index (κ1) is 19.2. The predicted octanol–water partition coefficient (Wildman–Crippen LogP) is 5.06. The Balaban J connectivity index is 1.46. The second-order valence-corrected chi connectivity index (χ2v) is 7.44. The zero-order valence-electron chi connectivity index (χ0n) is 15.6. The molecule has 4 rings (SSSR count). The molecule has 3 aromatic carbocycles. The maximum Gasteiger partial charge on any atom is 0.316 e. The van der Waals surface area contributed by atoms with Crippen molar-refractivity contribution in [1.82, 2.24) is 9.55 Å². The molecule has 0 saturated carbocycles. The highest BCUT2D eigenvalue weighted by atomic mass is 32.2. The number of carbonyl (C=O) groups is 1. The molecule has 0 radical (unpaired) electrons. The maximum atomic E-state index is 13.7. The van der Waals surface area contributed by atoms with E-state index in [9.17, 15) is 9.18 Å². The standard InChI is InChI=1S/C23H19FN2O2S/c24-19-11-5-4-10-18(19)15-28-22(27)16-29-23-25-20-12-6-7-13-21(20)26(23)14-17-8-2-1-3-9-17/h1-13H,14-16H2. The Morgan fingerprint density at radius 3 is 2.52 bits per heavy atom. The van der Waals surface area contributed by atoms with Gasteiger partial charge in [0, 0.05) is 5.56 Å². The van der Waals surface area contributed by atoms with Gasteiger partial charge in [0.15, 0.2) is 5.16 Å². The Morgan fingerprint density at radius 1 is 0.966 bits per heavy atom. The number of carbonyl (C=O) groups excluding carboxylic acids is 1. The van der Waals surface area contributed by atoms with Gasteiger partial charge in [0.2, 0.25) is 0 Å². The summed E-state index contributed by atoms with van der Waals surface area (Å²) >= 11 is 1.32. The van der Waals surface area contributed by atoms with Gasteiger partial charge >= 0.3 is 5.97 Å². The molecule has 4 aromatic rings. The van der Waals surface area contributed by atoms with Crippen LogP contribution in [0, 0.1) is 5.82 Å². The van der Waals surface area contributed by atoms with Crippen LogP contribution >= 0.6 is 11.8 Å². The molecule has 6 heteroatoms. The van der Waals surface area contributed by atoms with E-state index in [1.165, 1.54) is 17.8 Å². The third-order valence-corrected chi connectivity index (χ3v) is 5.42. The molecular formula is C23H19FN2O2S. The van der Waals surface area contributed by atoms with Crippen molar-refractivity contribution in [1.29, 1.82) is 0 Å². The third-order valence-electron chi connectivity index (χ3n) is 4.47. The van der Waals surface area contributed by atoms with Crippen molar-refractivity contribution in [2.24, 2.45) is 0 Å². The lowest BCUT2D eigenvalue weighted by atomic mass is 10.2. The first-order valence-corrected chi connectivity index (χ1v) is 10.2. The number of fused-ring (bicyclic) bond motifs is 1. The molecule has 0 aliphatic carbocycles. The van der Waals surface area contributed by atoms with E-state index in [0.29, 0.717) is 12.1 Å². The quantitative estimate of drug-likeness (QED) is 0.318. The molecule has 1 heterocycles. The van der Waals surface area contributed by atoms with Gasteiger partial charge in [0.25, 0.3) is 0 Å². The molecule has 0 fully saturated rings. The summed E-state index contributed by atoms with van der Waals surface area (Å²) in [5.41, 5.74) is 3.41. The van der Waals surface area contributed by atoms with Crippen LogP contribution in [-0.2, 0) is 22.7 Å². The number of hydrogen-bond donors (Lipinski definition) is 0. The van der Waals surface area contributed by atoms with E-state index in [2.05, 4.69) is 21.7 Å². The van der Waals surface area contributed by atoms with Crippen LogP contribution in [0.4, 0.5) is 4.39 Å². The highest BCUT2D eigenvalue weighted by Crippen LogP contribution is 2.25. The molecule has 4 nitrogen and oxygen atoms in total. The Kier molecular flexibility index (Phi) is 5.91. The molecule has 0 aliphatic heterocycles. The lowest BCUT2D eigenvalue weighted by molar-refractivity contribution is -0.141. The van der Waals surface area contributed by atoms with Crippen LogP contribution in [0.2, 0.25) is 0 Å². The van der Waals surface area contributed by atoms with E-state index in [-0.39, 0.29) is 18.2 Å². The van der Waals surface area contributed by atoms with E-state index < -0.39 is 5.97 Å². The van der Waals surface area contributed by atoms with Crippen LogP contribution in [0.5, 0.6) is 0 Å². The van der Waals surface area contributed by atoms with Crippen molar-refractivity contribution < 1.29 is 13.9 Å². The molecule has 0 saturated heterocycles. The summed E-state index contributed by atoms with van der Waals surface area (Å²) < 4.78 is 21.0. The van der Waals surface area contributed by atoms with Gasteiger partial charge in [-0.3, -0.25) is 4.79 Å². The number of benzene rings is 3. The second kappa shape index (κ2) is 8.92. The van der Waals surface area contributed by atoms with Crippen molar-refractivity contribution in [2.75, 3.05) is 5.75 Å². The van der Waals surface area contributed by atoms with E-state index in [1.807, 2.05) is 42.5 Å². The number of ether oxygens (including phenoxy) is 1. The van der Waals surface area contributed by atoms with Crippen LogP contribution < -0.4 is 0 Å². The summed E-state index contributed by atoms with van der Waals surface area (Å²) in [4.78, 5) is 16.9. The average Bonchev–Trinajstić information content (AvgIpc) is 3.10. The van der Waals surface area contributed by atoms with Crippen molar-refractivity contribution in [3.8, 4) is 0 Å². The molecule has 0 aliphatic rings. The van der Waals surface area contributed by atoms with Gasteiger partial charge in [-0.2, -0.15) is 0 Å². The fraction of sp³-hybridized carbons (Fsp3) is 0.130. The zero-order valence-corrected chi connectivity index (χ0v) is 16.4. The summed E-state index contributed by atoms with van der Waals surface area (Å²) in [6, 6.07) is 24.3. The Morgan fingerprint density at radius 2 is 1.69 bits per heavy atom. The number of aromatic nitrogens is 2. The van der Waals surface area contributed by atoms with Crippen molar-refractivity contribution in [3.05, 3.63) is 95.8 Å². The number of imidazole rings is 1. The molecular weight excluding hydrogens is 387 g/mol. The second-order valence-electron chi connectivity index (χ2n) is 6.50. The van der Waals surface area contributed by atoms with Gasteiger partial charge in [-0.15, -0.1) is 0 Å². The van der Waals surface area contributed by atoms with Crippen molar-refractivity contribution in [2.45, 2.75) is 18.3 Å². The zero-order chi connectivity index (χ0) is 20.1. The molecule has 0 unspecified atom stereocenters. The third kappa shape index (κ3) is 4.66. The van der Waals surface area contributed by atoms with Crippen molar-refractivity contribution in [3.63, 3.8) is 0 Å². The first-order chi connectivity index (χ1) is 14.2. The normalized spacial score (nSPS) is 10.9. The van der Waals surface area contributed by atoms with Gasteiger partial charge in [-0.1, -0.05) is 72.4 Å². The van der Waals surface area contributed by atoms with Crippen LogP contribution in [0.1, 0.15) is 11.1 Å². The highest BCUT2D eigenvalue weighted by molar-refractivity contribution is 7.99. The molecule has 0 atom stereocenters. The summed E-state index contributed by atoms with van der Waals surface area (Å²) in [6.45, 7) is 0.584. The molecule has 0 bridgehead atoms. The van der Waals surface area contributed by atoms with E-state index in [0.717, 1.165) is 21.8 Å². The van der Waals surface area contributed by atoms with Crippen LogP contribution in [0.25, 0.3) is 11.0 Å². The predicted molar refractivity (Wildman–Crippen MR) is 112 cm³/mol. The summed E-state index contributed by atoms with van der Waals surface area (Å²) in [5.74, 6) is -0.679.